The minimum atomic E-state index is -4.22. The van der Waals surface area contributed by atoms with Gasteiger partial charge < -0.3 is 28.8 Å². The van der Waals surface area contributed by atoms with Gasteiger partial charge in [0.25, 0.3) is 10.1 Å². The van der Waals surface area contributed by atoms with Crippen molar-refractivity contribution in [1.29, 1.82) is 0 Å². The van der Waals surface area contributed by atoms with Gasteiger partial charge in [0.1, 0.15) is 42.4 Å². The van der Waals surface area contributed by atoms with Crippen LogP contribution in [0.5, 0.6) is 5.75 Å². The molecule has 0 saturated carbocycles. The Morgan fingerprint density at radius 2 is 1.42 bits per heavy atom. The van der Waals surface area contributed by atoms with E-state index >= 15 is 0 Å². The maximum absolute atomic E-state index is 13.5. The molecule has 52 heavy (non-hydrogen) atoms. The van der Waals surface area contributed by atoms with E-state index in [1.54, 1.807) is 12.1 Å². The van der Waals surface area contributed by atoms with Crippen LogP contribution >= 0.6 is 11.6 Å². The lowest BCUT2D eigenvalue weighted by atomic mass is 9.82. The third kappa shape index (κ3) is 11.2. The van der Waals surface area contributed by atoms with Gasteiger partial charge in [0.2, 0.25) is 0 Å². The van der Waals surface area contributed by atoms with E-state index in [9.17, 15) is 13.5 Å². The van der Waals surface area contributed by atoms with Crippen LogP contribution in [-0.2, 0) is 39.7 Å². The molecule has 4 rings (SSSR count). The molecule has 1 fully saturated rings. The van der Waals surface area contributed by atoms with Crippen LogP contribution in [0, 0.1) is 6.92 Å². The first-order chi connectivity index (χ1) is 25.1. The van der Waals surface area contributed by atoms with Gasteiger partial charge in [-0.1, -0.05) is 93.6 Å². The van der Waals surface area contributed by atoms with E-state index in [1.807, 2.05) is 56.3 Å². The molecule has 0 aromatic heterocycles. The SMILES string of the molecule is CCCCO[C@@H]1[C@@H](OCCCC)[C@H](OCCCC)C(CO)(COS(=O)(=O)c2ccc(C)cc2)O[C@H]1c1ccc(Cl)c(Cc2ccc(OCC)cc2)c1. The van der Waals surface area contributed by atoms with Crippen molar-refractivity contribution in [3.8, 4) is 5.75 Å². The number of aliphatic hydroxyl groups is 1. The van der Waals surface area contributed by atoms with Crippen molar-refractivity contribution >= 4 is 21.7 Å². The maximum Gasteiger partial charge on any atom is 0.297 e. The summed E-state index contributed by atoms with van der Waals surface area (Å²) in [4.78, 5) is 0.00940. The summed E-state index contributed by atoms with van der Waals surface area (Å²) in [7, 11) is -4.22. The van der Waals surface area contributed by atoms with E-state index in [1.165, 1.54) is 12.1 Å². The molecule has 0 bridgehead atoms. The molecule has 3 aromatic carbocycles. The standard InChI is InChI=1S/C41H57ClO9S/c1-6-10-23-47-38-37(32-17-22-36(42)33(27-32)26-31-15-18-34(19-16-31)46-9-4)51-41(28-43,29-50-52(44,45)35-20-13-30(5)14-21-35)40(49-25-12-8-3)39(38)48-24-11-7-2/h13-22,27,37-40,43H,6-12,23-26,28-29H2,1-5H3/t37-,38-,39+,40-,41?/m0/s1. The second-order valence-corrected chi connectivity index (χ2v) is 15.4. The molecule has 5 atom stereocenters. The zero-order chi connectivity index (χ0) is 37.6. The van der Waals surface area contributed by atoms with E-state index in [4.69, 9.17) is 39.5 Å². The van der Waals surface area contributed by atoms with Gasteiger partial charge >= 0.3 is 0 Å². The Bertz CT molecular complexity index is 1600. The van der Waals surface area contributed by atoms with Crippen molar-refractivity contribution in [3.63, 3.8) is 0 Å². The minimum absolute atomic E-state index is 0.00940. The van der Waals surface area contributed by atoms with E-state index in [2.05, 4.69) is 20.8 Å². The van der Waals surface area contributed by atoms with Crippen LogP contribution in [0.4, 0.5) is 0 Å². The van der Waals surface area contributed by atoms with Crippen LogP contribution in [0.15, 0.2) is 71.6 Å². The highest BCUT2D eigenvalue weighted by atomic mass is 35.5. The van der Waals surface area contributed by atoms with Crippen molar-refractivity contribution < 1.29 is 41.4 Å². The number of benzene rings is 3. The summed E-state index contributed by atoms with van der Waals surface area (Å²) in [5.41, 5.74) is 1.96. The second-order valence-electron chi connectivity index (χ2n) is 13.4. The highest BCUT2D eigenvalue weighted by Gasteiger charge is 2.57. The number of halogens is 1. The number of hydrogen-bond acceptors (Lipinski definition) is 9. The second kappa shape index (κ2) is 20.8. The van der Waals surface area contributed by atoms with Gasteiger partial charge in [0.15, 0.2) is 0 Å². The third-order valence-corrected chi connectivity index (χ3v) is 10.9. The minimum Gasteiger partial charge on any atom is -0.494 e. The molecule has 0 radical (unpaired) electrons. The Hall–Kier alpha value is -2.54. The molecule has 1 aliphatic rings. The number of rotatable bonds is 22. The van der Waals surface area contributed by atoms with Crippen LogP contribution in [0.2, 0.25) is 5.02 Å². The molecule has 1 saturated heterocycles. The van der Waals surface area contributed by atoms with Crippen LogP contribution in [0.1, 0.15) is 94.6 Å². The van der Waals surface area contributed by atoms with Gasteiger partial charge in [-0.2, -0.15) is 8.42 Å². The molecule has 9 nitrogen and oxygen atoms in total. The lowest BCUT2D eigenvalue weighted by Crippen LogP contribution is -2.67. The first kappa shape index (κ1) is 42.2. The van der Waals surface area contributed by atoms with Crippen LogP contribution in [0.25, 0.3) is 0 Å². The number of aryl methyl sites for hydroxylation is 1. The third-order valence-electron chi connectivity index (χ3n) is 9.28. The Balaban J connectivity index is 1.79. The average Bonchev–Trinajstić information content (AvgIpc) is 3.14. The van der Waals surface area contributed by atoms with Crippen molar-refractivity contribution in [3.05, 3.63) is 94.0 Å². The fourth-order valence-electron chi connectivity index (χ4n) is 6.22. The molecule has 288 valence electrons. The molecule has 1 N–H and O–H groups in total. The van der Waals surface area contributed by atoms with E-state index in [0.717, 1.165) is 66.5 Å². The largest absolute Gasteiger partial charge is 0.494 e. The molecule has 3 aromatic rings. The zero-order valence-corrected chi connectivity index (χ0v) is 32.9. The van der Waals surface area contributed by atoms with Gasteiger partial charge in [-0.15, -0.1) is 0 Å². The molecular formula is C41H57ClO9S. The lowest BCUT2D eigenvalue weighted by Gasteiger charge is -2.52. The quantitative estimate of drug-likeness (QED) is 0.0798. The molecule has 0 aliphatic carbocycles. The Morgan fingerprint density at radius 1 is 0.808 bits per heavy atom. The summed E-state index contributed by atoms with van der Waals surface area (Å²) < 4.78 is 65.2. The monoisotopic (exact) mass is 760 g/mol. The zero-order valence-electron chi connectivity index (χ0n) is 31.4. The average molecular weight is 761 g/mol. The molecule has 11 heteroatoms. The number of hydrogen-bond donors (Lipinski definition) is 1. The fraction of sp³-hybridized carbons (Fsp3) is 0.561. The van der Waals surface area contributed by atoms with E-state index in [-0.39, 0.29) is 4.90 Å². The van der Waals surface area contributed by atoms with Crippen LogP contribution in [0.3, 0.4) is 0 Å². The van der Waals surface area contributed by atoms with Crippen molar-refractivity contribution in [2.45, 2.75) is 114 Å². The lowest BCUT2D eigenvalue weighted by molar-refractivity contribution is -0.311. The predicted molar refractivity (Wildman–Crippen MR) is 204 cm³/mol. The molecule has 1 heterocycles. The summed E-state index contributed by atoms with van der Waals surface area (Å²) in [5, 5.41) is 11.9. The van der Waals surface area contributed by atoms with Crippen LogP contribution < -0.4 is 4.74 Å². The normalized spacial score (nSPS) is 22.1. The Labute approximate surface area is 316 Å². The number of ether oxygens (including phenoxy) is 5. The molecule has 1 aliphatic heterocycles. The maximum atomic E-state index is 13.5. The van der Waals surface area contributed by atoms with Crippen molar-refractivity contribution in [1.82, 2.24) is 0 Å². The number of aliphatic hydroxyl groups excluding tert-OH is 1. The van der Waals surface area contributed by atoms with Crippen molar-refractivity contribution in [2.75, 3.05) is 39.6 Å². The molecule has 0 spiro atoms. The molecular weight excluding hydrogens is 704 g/mol. The smallest absolute Gasteiger partial charge is 0.297 e. The topological polar surface area (TPSA) is 110 Å². The fourth-order valence-corrected chi connectivity index (χ4v) is 7.36. The first-order valence-corrected chi connectivity index (χ1v) is 20.5. The van der Waals surface area contributed by atoms with E-state index < -0.39 is 53.3 Å². The Morgan fingerprint density at radius 3 is 2.02 bits per heavy atom. The van der Waals surface area contributed by atoms with Gasteiger partial charge in [-0.05, 0) is 86.6 Å². The van der Waals surface area contributed by atoms with Gasteiger partial charge in [-0.25, -0.2) is 0 Å². The summed E-state index contributed by atoms with van der Waals surface area (Å²) in [6.07, 6.45) is 2.55. The summed E-state index contributed by atoms with van der Waals surface area (Å²) in [5.74, 6) is 0.797. The summed E-state index contributed by atoms with van der Waals surface area (Å²) >= 11 is 6.80. The molecule has 0 amide bonds. The highest BCUT2D eigenvalue weighted by molar-refractivity contribution is 7.86. The molecule has 1 unspecified atom stereocenters. The van der Waals surface area contributed by atoms with E-state index in [0.29, 0.717) is 37.9 Å². The Kier molecular flexibility index (Phi) is 16.9. The number of unbranched alkanes of at least 4 members (excludes halogenated alkanes) is 3. The van der Waals surface area contributed by atoms with Gasteiger partial charge in [-0.3, -0.25) is 4.18 Å². The van der Waals surface area contributed by atoms with Gasteiger partial charge in [0, 0.05) is 24.8 Å². The summed E-state index contributed by atoms with van der Waals surface area (Å²) in [6.45, 7) is 10.8. The van der Waals surface area contributed by atoms with Crippen molar-refractivity contribution in [2.24, 2.45) is 0 Å². The first-order valence-electron chi connectivity index (χ1n) is 18.7. The summed E-state index contributed by atoms with van der Waals surface area (Å²) in [6, 6.07) is 20.1. The predicted octanol–water partition coefficient (Wildman–Crippen LogP) is 8.40. The van der Waals surface area contributed by atoms with Crippen LogP contribution in [-0.4, -0.2) is 77.1 Å². The van der Waals surface area contributed by atoms with Gasteiger partial charge in [0.05, 0.1) is 18.1 Å². The highest BCUT2D eigenvalue weighted by Crippen LogP contribution is 2.44.